The molecule has 10 heteroatoms. The standard InChI is InChI=1S/C10H17N9O/c1-10(2,4-20-3)17-7-14-8(18-11)16-9(15-7)19-6-12-5-13-19/h5-6H,4,11H2,1-3H3,(H2,14,15,16,17,18). The van der Waals surface area contributed by atoms with Gasteiger partial charge in [-0.2, -0.15) is 24.7 Å². The van der Waals surface area contributed by atoms with Gasteiger partial charge in [0.2, 0.25) is 11.9 Å². The monoisotopic (exact) mass is 279 g/mol. The van der Waals surface area contributed by atoms with Crippen molar-refractivity contribution < 1.29 is 4.74 Å². The highest BCUT2D eigenvalue weighted by Gasteiger charge is 2.20. The van der Waals surface area contributed by atoms with Crippen LogP contribution < -0.4 is 16.6 Å². The molecule has 2 aromatic rings. The van der Waals surface area contributed by atoms with E-state index in [1.54, 1.807) is 7.11 Å². The third-order valence-electron chi connectivity index (χ3n) is 2.33. The molecule has 108 valence electrons. The number of anilines is 2. The van der Waals surface area contributed by atoms with Crippen molar-refractivity contribution >= 4 is 11.9 Å². The van der Waals surface area contributed by atoms with Gasteiger partial charge in [0.25, 0.3) is 5.95 Å². The molecule has 0 aliphatic carbocycles. The molecule has 20 heavy (non-hydrogen) atoms. The van der Waals surface area contributed by atoms with Gasteiger partial charge in [-0.05, 0) is 13.8 Å². The molecule has 2 rings (SSSR count). The maximum atomic E-state index is 5.36. The van der Waals surface area contributed by atoms with Gasteiger partial charge in [-0.1, -0.05) is 0 Å². The quantitative estimate of drug-likeness (QED) is 0.476. The van der Waals surface area contributed by atoms with Crippen LogP contribution in [0.5, 0.6) is 0 Å². The summed E-state index contributed by atoms with van der Waals surface area (Å²) in [5, 5.41) is 7.12. The first-order valence-electron chi connectivity index (χ1n) is 5.89. The second kappa shape index (κ2) is 5.75. The van der Waals surface area contributed by atoms with Gasteiger partial charge >= 0.3 is 0 Å². The summed E-state index contributed by atoms with van der Waals surface area (Å²) >= 11 is 0. The Bertz CT molecular complexity index is 554. The Balaban J connectivity index is 2.31. The maximum Gasteiger partial charge on any atom is 0.258 e. The van der Waals surface area contributed by atoms with Gasteiger partial charge in [0.1, 0.15) is 12.7 Å². The minimum Gasteiger partial charge on any atom is -0.382 e. The molecule has 0 amide bonds. The third-order valence-corrected chi connectivity index (χ3v) is 2.33. The SMILES string of the molecule is COCC(C)(C)Nc1nc(NN)nc(-n2cncn2)n1. The van der Waals surface area contributed by atoms with E-state index in [1.165, 1.54) is 17.3 Å². The van der Waals surface area contributed by atoms with E-state index in [9.17, 15) is 0 Å². The van der Waals surface area contributed by atoms with E-state index in [-0.39, 0.29) is 11.5 Å². The van der Waals surface area contributed by atoms with Gasteiger partial charge in [-0.25, -0.2) is 10.8 Å². The van der Waals surface area contributed by atoms with Crippen LogP contribution in [0.15, 0.2) is 12.7 Å². The highest BCUT2D eigenvalue weighted by Crippen LogP contribution is 2.13. The number of hydrogen-bond acceptors (Lipinski definition) is 9. The molecule has 0 spiro atoms. The molecule has 0 radical (unpaired) electrons. The molecule has 0 fully saturated rings. The predicted molar refractivity (Wildman–Crippen MR) is 72.1 cm³/mol. The third kappa shape index (κ3) is 3.36. The van der Waals surface area contributed by atoms with Crippen molar-refractivity contribution in [2.24, 2.45) is 5.84 Å². The van der Waals surface area contributed by atoms with E-state index < -0.39 is 0 Å². The lowest BCUT2D eigenvalue weighted by Crippen LogP contribution is -2.37. The molecule has 0 aliphatic rings. The molecule has 2 aromatic heterocycles. The second-order valence-corrected chi connectivity index (χ2v) is 4.71. The van der Waals surface area contributed by atoms with Crippen LogP contribution in [0.25, 0.3) is 5.95 Å². The largest absolute Gasteiger partial charge is 0.382 e. The molecular formula is C10H17N9O. The molecule has 0 aliphatic heterocycles. The van der Waals surface area contributed by atoms with E-state index in [2.05, 4.69) is 35.8 Å². The number of ether oxygens (including phenoxy) is 1. The zero-order valence-corrected chi connectivity index (χ0v) is 11.5. The molecule has 0 bridgehead atoms. The number of hydrogen-bond donors (Lipinski definition) is 3. The van der Waals surface area contributed by atoms with Crippen molar-refractivity contribution in [2.45, 2.75) is 19.4 Å². The van der Waals surface area contributed by atoms with Crippen molar-refractivity contribution in [1.82, 2.24) is 29.7 Å². The van der Waals surface area contributed by atoms with Gasteiger partial charge in [0.15, 0.2) is 0 Å². The summed E-state index contributed by atoms with van der Waals surface area (Å²) in [4.78, 5) is 16.4. The number of nitrogens with two attached hydrogens (primary N) is 1. The number of aromatic nitrogens is 6. The smallest absolute Gasteiger partial charge is 0.258 e. The zero-order valence-electron chi connectivity index (χ0n) is 11.5. The number of nitrogens with zero attached hydrogens (tertiary/aromatic N) is 6. The number of methoxy groups -OCH3 is 1. The van der Waals surface area contributed by atoms with Gasteiger partial charge in [0, 0.05) is 7.11 Å². The summed E-state index contributed by atoms with van der Waals surface area (Å²) < 4.78 is 6.55. The van der Waals surface area contributed by atoms with Crippen molar-refractivity contribution in [1.29, 1.82) is 0 Å². The molecule has 10 nitrogen and oxygen atoms in total. The van der Waals surface area contributed by atoms with E-state index in [4.69, 9.17) is 10.6 Å². The fraction of sp³-hybridized carbons (Fsp3) is 0.500. The van der Waals surface area contributed by atoms with Crippen LogP contribution in [0.3, 0.4) is 0 Å². The summed E-state index contributed by atoms with van der Waals surface area (Å²) in [7, 11) is 1.63. The van der Waals surface area contributed by atoms with Crippen LogP contribution in [0.4, 0.5) is 11.9 Å². The number of hydrazine groups is 1. The van der Waals surface area contributed by atoms with Crippen LogP contribution in [0.1, 0.15) is 13.8 Å². The molecule has 2 heterocycles. The Labute approximate surface area is 115 Å². The first kappa shape index (κ1) is 14.1. The fourth-order valence-corrected chi connectivity index (χ4v) is 1.60. The van der Waals surface area contributed by atoms with Crippen LogP contribution in [-0.4, -0.2) is 49.0 Å². The number of nitrogens with one attached hydrogen (secondary N) is 2. The fourth-order valence-electron chi connectivity index (χ4n) is 1.60. The Morgan fingerprint density at radius 1 is 1.30 bits per heavy atom. The Morgan fingerprint density at radius 3 is 2.65 bits per heavy atom. The average molecular weight is 279 g/mol. The van der Waals surface area contributed by atoms with E-state index in [0.717, 1.165) is 0 Å². The minimum absolute atomic E-state index is 0.223. The van der Waals surface area contributed by atoms with Crippen molar-refractivity contribution in [2.75, 3.05) is 24.5 Å². The van der Waals surface area contributed by atoms with Gasteiger partial charge < -0.3 is 10.1 Å². The summed E-state index contributed by atoms with van der Waals surface area (Å²) in [6.07, 6.45) is 2.88. The Hall–Kier alpha value is -2.33. The number of rotatable bonds is 6. The first-order chi connectivity index (χ1) is 9.54. The Morgan fingerprint density at radius 2 is 2.05 bits per heavy atom. The average Bonchev–Trinajstić information content (AvgIpc) is 2.91. The molecule has 0 unspecified atom stereocenters. The molecule has 0 saturated heterocycles. The summed E-state index contributed by atoms with van der Waals surface area (Å²) in [6.45, 7) is 4.42. The van der Waals surface area contributed by atoms with Crippen LogP contribution in [0, 0.1) is 0 Å². The predicted octanol–water partition coefficient (Wildman–Crippen LogP) is -0.425. The summed E-state index contributed by atoms with van der Waals surface area (Å²) in [5.41, 5.74) is 2.05. The highest BCUT2D eigenvalue weighted by molar-refractivity contribution is 5.38. The maximum absolute atomic E-state index is 5.36. The minimum atomic E-state index is -0.346. The Kier molecular flexibility index (Phi) is 4.05. The van der Waals surface area contributed by atoms with Gasteiger partial charge in [0.05, 0.1) is 12.1 Å². The number of nitrogen functional groups attached to an aromatic ring is 1. The van der Waals surface area contributed by atoms with Crippen molar-refractivity contribution in [3.63, 3.8) is 0 Å². The molecule has 4 N–H and O–H groups in total. The lowest BCUT2D eigenvalue weighted by atomic mass is 10.1. The van der Waals surface area contributed by atoms with E-state index in [0.29, 0.717) is 18.5 Å². The van der Waals surface area contributed by atoms with Gasteiger partial charge in [-0.3, -0.25) is 5.43 Å². The van der Waals surface area contributed by atoms with E-state index in [1.807, 2.05) is 13.8 Å². The first-order valence-corrected chi connectivity index (χ1v) is 5.89. The van der Waals surface area contributed by atoms with Crippen LogP contribution in [0.2, 0.25) is 0 Å². The van der Waals surface area contributed by atoms with Gasteiger partial charge in [-0.15, -0.1) is 0 Å². The molecule has 0 saturated carbocycles. The van der Waals surface area contributed by atoms with Crippen molar-refractivity contribution in [3.05, 3.63) is 12.7 Å². The highest BCUT2D eigenvalue weighted by atomic mass is 16.5. The molecule has 0 atom stereocenters. The summed E-state index contributed by atoms with van der Waals surface area (Å²) in [6, 6.07) is 0. The van der Waals surface area contributed by atoms with E-state index >= 15 is 0 Å². The van der Waals surface area contributed by atoms with Crippen molar-refractivity contribution in [3.8, 4) is 5.95 Å². The lowest BCUT2D eigenvalue weighted by molar-refractivity contribution is 0.158. The van der Waals surface area contributed by atoms with Crippen LogP contribution >= 0.6 is 0 Å². The normalized spacial score (nSPS) is 11.4. The molecule has 0 aromatic carbocycles. The lowest BCUT2D eigenvalue weighted by Gasteiger charge is -2.25. The van der Waals surface area contributed by atoms with Crippen LogP contribution in [-0.2, 0) is 4.74 Å². The second-order valence-electron chi connectivity index (χ2n) is 4.71. The summed E-state index contributed by atoms with van der Waals surface area (Å²) in [5.74, 6) is 6.25. The molecular weight excluding hydrogens is 262 g/mol. The topological polar surface area (TPSA) is 129 Å². The zero-order chi connectivity index (χ0) is 14.6.